The molecular formula is C12H16ClNO3. The number of aromatic hydroxyl groups is 2. The Morgan fingerprint density at radius 1 is 1.41 bits per heavy atom. The third kappa shape index (κ3) is 3.53. The van der Waals surface area contributed by atoms with Gasteiger partial charge in [-0.3, -0.25) is 4.79 Å². The molecule has 94 valence electrons. The molecule has 17 heavy (non-hydrogen) atoms. The zero-order valence-corrected chi connectivity index (χ0v) is 10.4. The summed E-state index contributed by atoms with van der Waals surface area (Å²) in [6.07, 6.45) is 1.39. The van der Waals surface area contributed by atoms with E-state index in [2.05, 4.69) is 5.32 Å². The molecule has 4 nitrogen and oxygen atoms in total. The van der Waals surface area contributed by atoms with Crippen molar-refractivity contribution in [3.05, 3.63) is 23.8 Å². The van der Waals surface area contributed by atoms with Crippen LogP contribution in [0.4, 0.5) is 0 Å². The Hall–Kier alpha value is -1.42. The summed E-state index contributed by atoms with van der Waals surface area (Å²) in [5.41, 5.74) is -0.0967. The van der Waals surface area contributed by atoms with E-state index in [1.54, 1.807) is 0 Å². The maximum Gasteiger partial charge on any atom is 0.259 e. The molecule has 0 spiro atoms. The average Bonchev–Trinajstić information content (AvgIpc) is 2.28. The van der Waals surface area contributed by atoms with Gasteiger partial charge in [0.05, 0.1) is 0 Å². The minimum Gasteiger partial charge on any atom is -0.507 e. The van der Waals surface area contributed by atoms with Gasteiger partial charge in [0.1, 0.15) is 17.1 Å². The van der Waals surface area contributed by atoms with Crippen LogP contribution in [0, 0.1) is 0 Å². The highest BCUT2D eigenvalue weighted by Gasteiger charge is 2.18. The SMILES string of the molecule is CCC(CCCl)NC(=O)c1c(O)cccc1O. The molecule has 1 aromatic carbocycles. The van der Waals surface area contributed by atoms with Crippen LogP contribution in [0.5, 0.6) is 11.5 Å². The smallest absolute Gasteiger partial charge is 0.259 e. The molecule has 0 aromatic heterocycles. The first-order valence-electron chi connectivity index (χ1n) is 5.47. The summed E-state index contributed by atoms with van der Waals surface area (Å²) in [6.45, 7) is 1.93. The van der Waals surface area contributed by atoms with Gasteiger partial charge in [0.25, 0.3) is 5.91 Å². The Bertz CT molecular complexity index is 375. The zero-order valence-electron chi connectivity index (χ0n) is 9.61. The monoisotopic (exact) mass is 257 g/mol. The first-order valence-corrected chi connectivity index (χ1v) is 6.01. The summed E-state index contributed by atoms with van der Waals surface area (Å²) >= 11 is 5.62. The molecule has 1 aromatic rings. The maximum absolute atomic E-state index is 11.9. The molecule has 0 aliphatic heterocycles. The second kappa shape index (κ2) is 6.35. The van der Waals surface area contributed by atoms with Crippen molar-refractivity contribution >= 4 is 17.5 Å². The van der Waals surface area contributed by atoms with Crippen molar-refractivity contribution in [2.45, 2.75) is 25.8 Å². The summed E-state index contributed by atoms with van der Waals surface area (Å²) in [7, 11) is 0. The molecule has 1 rings (SSSR count). The molecule has 1 unspecified atom stereocenters. The van der Waals surface area contributed by atoms with E-state index < -0.39 is 5.91 Å². The van der Waals surface area contributed by atoms with E-state index >= 15 is 0 Å². The van der Waals surface area contributed by atoms with Crippen LogP contribution in [0.3, 0.4) is 0 Å². The Morgan fingerprint density at radius 2 is 2.00 bits per heavy atom. The number of hydrogen-bond donors (Lipinski definition) is 3. The number of amides is 1. The fourth-order valence-electron chi connectivity index (χ4n) is 1.53. The van der Waals surface area contributed by atoms with Crippen LogP contribution in [0.25, 0.3) is 0 Å². The van der Waals surface area contributed by atoms with Crippen molar-refractivity contribution < 1.29 is 15.0 Å². The number of halogens is 1. The minimum atomic E-state index is -0.488. The van der Waals surface area contributed by atoms with Crippen molar-refractivity contribution in [2.75, 3.05) is 5.88 Å². The predicted octanol–water partition coefficient (Wildman–Crippen LogP) is 2.24. The summed E-state index contributed by atoms with van der Waals surface area (Å²) in [5, 5.41) is 21.8. The van der Waals surface area contributed by atoms with E-state index in [0.717, 1.165) is 6.42 Å². The van der Waals surface area contributed by atoms with Crippen LogP contribution in [0.1, 0.15) is 30.1 Å². The van der Waals surface area contributed by atoms with Gasteiger partial charge in [-0.1, -0.05) is 13.0 Å². The van der Waals surface area contributed by atoms with Crippen molar-refractivity contribution in [3.63, 3.8) is 0 Å². The molecule has 3 N–H and O–H groups in total. The molecule has 0 heterocycles. The standard InChI is InChI=1S/C12H16ClNO3/c1-2-8(6-7-13)14-12(17)11-9(15)4-3-5-10(11)16/h3-5,8,15-16H,2,6-7H2,1H3,(H,14,17). The molecule has 1 atom stereocenters. The summed E-state index contributed by atoms with van der Waals surface area (Å²) in [6, 6.07) is 4.13. The number of phenols is 2. The lowest BCUT2D eigenvalue weighted by molar-refractivity contribution is 0.0929. The molecule has 0 radical (unpaired) electrons. The van der Waals surface area contributed by atoms with Gasteiger partial charge in [-0.15, -0.1) is 11.6 Å². The lowest BCUT2D eigenvalue weighted by atomic mass is 10.1. The second-order valence-electron chi connectivity index (χ2n) is 3.73. The van der Waals surface area contributed by atoms with Crippen LogP contribution in [0.15, 0.2) is 18.2 Å². The fourth-order valence-corrected chi connectivity index (χ4v) is 1.79. The molecule has 0 saturated heterocycles. The van der Waals surface area contributed by atoms with E-state index in [4.69, 9.17) is 11.6 Å². The summed E-state index contributed by atoms with van der Waals surface area (Å²) in [4.78, 5) is 11.9. The number of rotatable bonds is 5. The van der Waals surface area contributed by atoms with Gasteiger partial charge in [-0.25, -0.2) is 0 Å². The summed E-state index contributed by atoms with van der Waals surface area (Å²) < 4.78 is 0. The molecule has 1 amide bonds. The molecule has 5 heteroatoms. The second-order valence-corrected chi connectivity index (χ2v) is 4.11. The third-order valence-electron chi connectivity index (χ3n) is 2.53. The third-order valence-corrected chi connectivity index (χ3v) is 2.75. The van der Waals surface area contributed by atoms with Crippen LogP contribution in [0.2, 0.25) is 0 Å². The lowest BCUT2D eigenvalue weighted by Gasteiger charge is -2.16. The van der Waals surface area contributed by atoms with Gasteiger partial charge >= 0.3 is 0 Å². The fraction of sp³-hybridized carbons (Fsp3) is 0.417. The molecule has 0 aliphatic rings. The van der Waals surface area contributed by atoms with Gasteiger partial charge in [-0.2, -0.15) is 0 Å². The van der Waals surface area contributed by atoms with Crippen molar-refractivity contribution in [1.29, 1.82) is 0 Å². The minimum absolute atomic E-state index is 0.0565. The quantitative estimate of drug-likeness (QED) is 0.709. The highest BCUT2D eigenvalue weighted by molar-refractivity contribution is 6.17. The summed E-state index contributed by atoms with van der Waals surface area (Å²) in [5.74, 6) is -0.505. The number of phenolic OH excluding ortho intramolecular Hbond substituents is 2. The first-order chi connectivity index (χ1) is 8.10. The Kier molecular flexibility index (Phi) is 5.10. The van der Waals surface area contributed by atoms with E-state index in [9.17, 15) is 15.0 Å². The number of carbonyl (C=O) groups excluding carboxylic acids is 1. The lowest BCUT2D eigenvalue weighted by Crippen LogP contribution is -2.34. The Labute approximate surface area is 105 Å². The number of hydrogen-bond acceptors (Lipinski definition) is 3. The van der Waals surface area contributed by atoms with Crippen LogP contribution >= 0.6 is 11.6 Å². The van der Waals surface area contributed by atoms with E-state index in [0.29, 0.717) is 12.3 Å². The van der Waals surface area contributed by atoms with Gasteiger partial charge in [0, 0.05) is 11.9 Å². The molecule has 0 aliphatic carbocycles. The number of benzene rings is 1. The van der Waals surface area contributed by atoms with E-state index in [1.165, 1.54) is 18.2 Å². The van der Waals surface area contributed by atoms with Gasteiger partial charge < -0.3 is 15.5 Å². The van der Waals surface area contributed by atoms with E-state index in [1.807, 2.05) is 6.92 Å². The van der Waals surface area contributed by atoms with Gasteiger partial charge in [0.2, 0.25) is 0 Å². The van der Waals surface area contributed by atoms with Crippen molar-refractivity contribution in [2.24, 2.45) is 0 Å². The zero-order chi connectivity index (χ0) is 12.8. The normalized spacial score (nSPS) is 12.1. The topological polar surface area (TPSA) is 69.6 Å². The maximum atomic E-state index is 11.9. The highest BCUT2D eigenvalue weighted by atomic mass is 35.5. The number of nitrogens with one attached hydrogen (secondary N) is 1. The first kappa shape index (κ1) is 13.6. The molecule has 0 saturated carbocycles. The molecular weight excluding hydrogens is 242 g/mol. The van der Waals surface area contributed by atoms with Crippen molar-refractivity contribution in [3.8, 4) is 11.5 Å². The van der Waals surface area contributed by atoms with Gasteiger partial charge in [0.15, 0.2) is 0 Å². The van der Waals surface area contributed by atoms with Crippen LogP contribution < -0.4 is 5.32 Å². The van der Waals surface area contributed by atoms with Crippen LogP contribution in [-0.2, 0) is 0 Å². The van der Waals surface area contributed by atoms with Crippen molar-refractivity contribution in [1.82, 2.24) is 5.32 Å². The molecule has 0 bridgehead atoms. The van der Waals surface area contributed by atoms with Gasteiger partial charge in [-0.05, 0) is 25.0 Å². The Balaban J connectivity index is 2.82. The highest BCUT2D eigenvalue weighted by Crippen LogP contribution is 2.26. The van der Waals surface area contributed by atoms with Crippen LogP contribution in [-0.4, -0.2) is 28.0 Å². The Morgan fingerprint density at radius 3 is 2.47 bits per heavy atom. The number of alkyl halides is 1. The van der Waals surface area contributed by atoms with E-state index in [-0.39, 0.29) is 23.1 Å². The number of carbonyl (C=O) groups is 1. The molecule has 0 fully saturated rings. The average molecular weight is 258 g/mol. The largest absolute Gasteiger partial charge is 0.507 e. The predicted molar refractivity (Wildman–Crippen MR) is 66.7 cm³/mol.